The SMILES string of the molecule is O=C(O)c1ccc(O)c(C(O)C(O)CCBr)c1. The molecule has 4 N–H and O–H groups in total. The highest BCUT2D eigenvalue weighted by atomic mass is 79.9. The Morgan fingerprint density at radius 2 is 2.00 bits per heavy atom. The van der Waals surface area contributed by atoms with Crippen molar-refractivity contribution in [3.8, 4) is 5.75 Å². The fourth-order valence-electron chi connectivity index (χ4n) is 1.40. The van der Waals surface area contributed by atoms with E-state index < -0.39 is 18.2 Å². The Kier molecular flexibility index (Phi) is 4.92. The number of benzene rings is 1. The van der Waals surface area contributed by atoms with Gasteiger partial charge < -0.3 is 20.4 Å². The average Bonchev–Trinajstić information content (AvgIpc) is 2.28. The zero-order valence-corrected chi connectivity index (χ0v) is 10.5. The molecular formula is C11H13BrO5. The first-order valence-corrected chi connectivity index (χ1v) is 6.07. The summed E-state index contributed by atoms with van der Waals surface area (Å²) in [5.74, 6) is -1.40. The number of aliphatic hydroxyl groups excluding tert-OH is 2. The zero-order valence-electron chi connectivity index (χ0n) is 8.88. The summed E-state index contributed by atoms with van der Waals surface area (Å²) < 4.78 is 0. The van der Waals surface area contributed by atoms with Crippen LogP contribution in [-0.2, 0) is 0 Å². The third-order valence-corrected chi connectivity index (χ3v) is 2.82. The number of phenols is 1. The second-order valence-electron chi connectivity index (χ2n) is 3.57. The van der Waals surface area contributed by atoms with Gasteiger partial charge in [-0.15, -0.1) is 0 Å². The summed E-state index contributed by atoms with van der Waals surface area (Å²) in [6.07, 6.45) is -2.09. The Morgan fingerprint density at radius 1 is 1.35 bits per heavy atom. The molecule has 0 heterocycles. The van der Waals surface area contributed by atoms with Gasteiger partial charge in [-0.3, -0.25) is 0 Å². The van der Waals surface area contributed by atoms with Gasteiger partial charge in [0.2, 0.25) is 0 Å². The van der Waals surface area contributed by atoms with Crippen LogP contribution in [-0.4, -0.2) is 37.8 Å². The van der Waals surface area contributed by atoms with E-state index in [0.717, 1.165) is 6.07 Å². The van der Waals surface area contributed by atoms with Crippen molar-refractivity contribution >= 4 is 21.9 Å². The Bertz CT molecular complexity index is 407. The number of alkyl halides is 1. The molecule has 17 heavy (non-hydrogen) atoms. The van der Waals surface area contributed by atoms with E-state index in [4.69, 9.17) is 5.11 Å². The van der Waals surface area contributed by atoms with Crippen LogP contribution in [0, 0.1) is 0 Å². The van der Waals surface area contributed by atoms with Crippen molar-refractivity contribution in [1.82, 2.24) is 0 Å². The van der Waals surface area contributed by atoms with E-state index in [1.54, 1.807) is 0 Å². The molecule has 0 saturated heterocycles. The van der Waals surface area contributed by atoms with Crippen LogP contribution in [0.15, 0.2) is 18.2 Å². The van der Waals surface area contributed by atoms with Crippen molar-refractivity contribution in [1.29, 1.82) is 0 Å². The Hall–Kier alpha value is -1.11. The normalized spacial score (nSPS) is 14.3. The van der Waals surface area contributed by atoms with E-state index in [1.165, 1.54) is 12.1 Å². The first kappa shape index (κ1) is 14.0. The van der Waals surface area contributed by atoms with Gasteiger partial charge in [0.1, 0.15) is 11.9 Å². The zero-order chi connectivity index (χ0) is 13.0. The van der Waals surface area contributed by atoms with Crippen LogP contribution in [0.4, 0.5) is 0 Å². The summed E-state index contributed by atoms with van der Waals surface area (Å²) in [6.45, 7) is 0. The van der Waals surface area contributed by atoms with Gasteiger partial charge in [0, 0.05) is 10.9 Å². The molecule has 1 aromatic carbocycles. The van der Waals surface area contributed by atoms with Crippen molar-refractivity contribution in [2.45, 2.75) is 18.6 Å². The molecule has 5 nitrogen and oxygen atoms in total. The number of carbonyl (C=O) groups is 1. The van der Waals surface area contributed by atoms with Gasteiger partial charge in [-0.25, -0.2) is 4.79 Å². The molecule has 0 aliphatic heterocycles. The lowest BCUT2D eigenvalue weighted by Crippen LogP contribution is -2.19. The standard InChI is InChI=1S/C11H13BrO5/c12-4-3-9(14)10(15)7-5-6(11(16)17)1-2-8(7)13/h1-2,5,9-10,13-15H,3-4H2,(H,16,17). The van der Waals surface area contributed by atoms with Crippen molar-refractivity contribution in [2.24, 2.45) is 0 Å². The molecule has 0 saturated carbocycles. The van der Waals surface area contributed by atoms with Crippen LogP contribution in [0.5, 0.6) is 5.75 Å². The van der Waals surface area contributed by atoms with Gasteiger partial charge >= 0.3 is 5.97 Å². The summed E-state index contributed by atoms with van der Waals surface area (Å²) in [4.78, 5) is 10.7. The number of phenolic OH excluding ortho intramolecular Hbond substituents is 1. The van der Waals surface area contributed by atoms with Gasteiger partial charge in [-0.2, -0.15) is 0 Å². The molecule has 2 unspecified atom stereocenters. The summed E-state index contributed by atoms with van der Waals surface area (Å²) in [5, 5.41) is 38.2. The van der Waals surface area contributed by atoms with Crippen LogP contribution in [0.2, 0.25) is 0 Å². The van der Waals surface area contributed by atoms with Gasteiger partial charge in [-0.1, -0.05) is 15.9 Å². The molecule has 94 valence electrons. The number of rotatable bonds is 5. The number of hydrogen-bond acceptors (Lipinski definition) is 4. The molecule has 0 spiro atoms. The third-order valence-electron chi connectivity index (χ3n) is 2.36. The molecule has 0 aliphatic rings. The largest absolute Gasteiger partial charge is 0.508 e. The predicted octanol–water partition coefficient (Wildman–Crippen LogP) is 1.27. The second kappa shape index (κ2) is 6.00. The van der Waals surface area contributed by atoms with Crippen molar-refractivity contribution < 1.29 is 25.2 Å². The lowest BCUT2D eigenvalue weighted by atomic mass is 9.99. The molecule has 1 rings (SSSR count). The number of aromatic carboxylic acids is 1. The van der Waals surface area contributed by atoms with Gasteiger partial charge in [0.15, 0.2) is 0 Å². The number of carboxylic acids is 1. The lowest BCUT2D eigenvalue weighted by molar-refractivity contribution is 0.0159. The number of hydrogen-bond donors (Lipinski definition) is 4. The van der Waals surface area contributed by atoms with E-state index >= 15 is 0 Å². The van der Waals surface area contributed by atoms with Crippen LogP contribution in [0.25, 0.3) is 0 Å². The quantitative estimate of drug-likeness (QED) is 0.614. The molecule has 2 atom stereocenters. The Labute approximate surface area is 106 Å². The Morgan fingerprint density at radius 3 is 2.53 bits per heavy atom. The molecule has 0 aliphatic carbocycles. The molecule has 0 amide bonds. The third kappa shape index (κ3) is 3.42. The molecular weight excluding hydrogens is 292 g/mol. The minimum absolute atomic E-state index is 0.0124. The van der Waals surface area contributed by atoms with Crippen molar-refractivity contribution in [2.75, 3.05) is 5.33 Å². The minimum Gasteiger partial charge on any atom is -0.508 e. The lowest BCUT2D eigenvalue weighted by Gasteiger charge is -2.18. The molecule has 0 aromatic heterocycles. The van der Waals surface area contributed by atoms with Crippen LogP contribution in [0.1, 0.15) is 28.4 Å². The summed E-state index contributed by atoms with van der Waals surface area (Å²) in [5.41, 5.74) is -0.0405. The smallest absolute Gasteiger partial charge is 0.335 e. The van der Waals surface area contributed by atoms with Crippen molar-refractivity contribution in [3.63, 3.8) is 0 Å². The first-order valence-electron chi connectivity index (χ1n) is 4.95. The maximum absolute atomic E-state index is 10.7. The van der Waals surface area contributed by atoms with Gasteiger partial charge in [0.25, 0.3) is 0 Å². The van der Waals surface area contributed by atoms with Gasteiger partial charge in [-0.05, 0) is 24.6 Å². The maximum atomic E-state index is 10.7. The molecule has 0 bridgehead atoms. The molecule has 6 heteroatoms. The van der Waals surface area contributed by atoms with Crippen LogP contribution in [0.3, 0.4) is 0 Å². The first-order chi connectivity index (χ1) is 7.97. The number of carboxylic acid groups (broad SMARTS) is 1. The fraction of sp³-hybridized carbons (Fsp3) is 0.364. The monoisotopic (exact) mass is 304 g/mol. The number of aliphatic hydroxyl groups is 2. The highest BCUT2D eigenvalue weighted by molar-refractivity contribution is 9.09. The number of halogens is 1. The average molecular weight is 305 g/mol. The summed E-state index contributed by atoms with van der Waals surface area (Å²) >= 11 is 3.12. The maximum Gasteiger partial charge on any atom is 0.335 e. The summed E-state index contributed by atoms with van der Waals surface area (Å²) in [7, 11) is 0. The Balaban J connectivity index is 3.03. The highest BCUT2D eigenvalue weighted by Gasteiger charge is 2.22. The van der Waals surface area contributed by atoms with E-state index in [9.17, 15) is 20.1 Å². The fourth-order valence-corrected chi connectivity index (χ4v) is 1.87. The molecule has 0 radical (unpaired) electrons. The van der Waals surface area contributed by atoms with E-state index in [0.29, 0.717) is 5.33 Å². The van der Waals surface area contributed by atoms with Crippen LogP contribution < -0.4 is 0 Å². The topological polar surface area (TPSA) is 98.0 Å². The van der Waals surface area contributed by atoms with Crippen molar-refractivity contribution in [3.05, 3.63) is 29.3 Å². The predicted molar refractivity (Wildman–Crippen MR) is 64.4 cm³/mol. The highest BCUT2D eigenvalue weighted by Crippen LogP contribution is 2.28. The van der Waals surface area contributed by atoms with Crippen LogP contribution >= 0.6 is 15.9 Å². The van der Waals surface area contributed by atoms with E-state index in [1.807, 2.05) is 0 Å². The number of aromatic hydroxyl groups is 1. The minimum atomic E-state index is -1.31. The molecule has 1 aromatic rings. The van der Waals surface area contributed by atoms with E-state index in [-0.39, 0.29) is 23.3 Å². The molecule has 0 fully saturated rings. The summed E-state index contributed by atoms with van der Waals surface area (Å²) in [6, 6.07) is 3.56. The van der Waals surface area contributed by atoms with E-state index in [2.05, 4.69) is 15.9 Å². The van der Waals surface area contributed by atoms with Gasteiger partial charge in [0.05, 0.1) is 11.7 Å². The second-order valence-corrected chi connectivity index (χ2v) is 4.36.